The summed E-state index contributed by atoms with van der Waals surface area (Å²) in [6.45, 7) is 2.17. The van der Waals surface area contributed by atoms with E-state index in [1.807, 2.05) is 0 Å². The molecule has 0 heterocycles. The van der Waals surface area contributed by atoms with Gasteiger partial charge in [0.05, 0.1) is 0 Å². The number of unbranched alkanes of at least 4 members (excludes halogenated alkanes) is 6. The molecule has 28 heavy (non-hydrogen) atoms. The highest BCUT2D eigenvalue weighted by Gasteiger charge is 2.70. The molecule has 1 atom stereocenters. The fraction of sp³-hybridized carbons (Fsp3) is 0.722. The molecule has 0 fully saturated rings. The minimum Gasteiger partial charge on any atom is -0.287 e. The van der Waals surface area contributed by atoms with Crippen molar-refractivity contribution >= 4 is 6.29 Å². The Hall–Kier alpha value is -2.83. The zero-order valence-corrected chi connectivity index (χ0v) is 16.1. The summed E-state index contributed by atoms with van der Waals surface area (Å²) in [5, 5.41) is 33.0. The van der Waals surface area contributed by atoms with E-state index in [1.54, 1.807) is 6.08 Å². The molecular formula is C18H27N3O7. The van der Waals surface area contributed by atoms with Crippen molar-refractivity contribution in [1.29, 1.82) is 0 Å². The Morgan fingerprint density at radius 1 is 0.929 bits per heavy atom. The zero-order valence-electron chi connectivity index (χ0n) is 16.1. The van der Waals surface area contributed by atoms with Crippen LogP contribution in [0, 0.1) is 42.2 Å². The number of carbonyl (C=O) groups is 1. The van der Waals surface area contributed by atoms with Crippen molar-refractivity contribution in [3.05, 3.63) is 42.5 Å². The van der Waals surface area contributed by atoms with Crippen LogP contribution in [-0.2, 0) is 4.79 Å². The fourth-order valence-corrected chi connectivity index (χ4v) is 2.62. The quantitative estimate of drug-likeness (QED) is 0.0780. The molecule has 0 aliphatic heterocycles. The molecule has 0 aromatic carbocycles. The first-order chi connectivity index (χ1) is 13.3. The Balaban J connectivity index is 4.42. The van der Waals surface area contributed by atoms with E-state index in [0.29, 0.717) is 6.42 Å². The summed E-state index contributed by atoms with van der Waals surface area (Å²) in [5.41, 5.74) is -3.48. The molecule has 0 aromatic heterocycles. The van der Waals surface area contributed by atoms with Gasteiger partial charge in [0.15, 0.2) is 0 Å². The van der Waals surface area contributed by atoms with Gasteiger partial charge in [-0.15, -0.1) is 5.92 Å². The van der Waals surface area contributed by atoms with Crippen molar-refractivity contribution in [1.82, 2.24) is 0 Å². The number of nitro groups is 3. The highest BCUT2D eigenvalue weighted by molar-refractivity contribution is 5.60. The molecule has 1 unspecified atom stereocenters. The molecule has 0 rings (SSSR count). The van der Waals surface area contributed by atoms with E-state index in [4.69, 9.17) is 0 Å². The van der Waals surface area contributed by atoms with E-state index >= 15 is 0 Å². The van der Waals surface area contributed by atoms with Gasteiger partial charge in [0.1, 0.15) is 9.85 Å². The number of carbonyl (C=O) groups excluding carboxylic acids is 1. The topological polar surface area (TPSA) is 146 Å². The normalized spacial score (nSPS) is 12.2. The van der Waals surface area contributed by atoms with Crippen LogP contribution >= 0.6 is 0 Å². The molecule has 0 saturated carbocycles. The number of rotatable bonds is 15. The van der Waals surface area contributed by atoms with Crippen molar-refractivity contribution in [2.45, 2.75) is 82.8 Å². The van der Waals surface area contributed by atoms with Gasteiger partial charge >= 0.3 is 11.7 Å². The first-order valence-corrected chi connectivity index (χ1v) is 9.34. The van der Waals surface area contributed by atoms with E-state index in [1.165, 1.54) is 31.8 Å². The summed E-state index contributed by atoms with van der Waals surface area (Å²) in [6.07, 6.45) is 10.4. The van der Waals surface area contributed by atoms with E-state index < -0.39 is 39.2 Å². The average molecular weight is 397 g/mol. The molecule has 0 spiro atoms. The Kier molecular flexibility index (Phi) is 12.8. The van der Waals surface area contributed by atoms with Crippen molar-refractivity contribution in [3.8, 4) is 11.8 Å². The lowest BCUT2D eigenvalue weighted by molar-refractivity contribution is -0.812. The van der Waals surface area contributed by atoms with Gasteiger partial charge in [0.2, 0.25) is 0 Å². The van der Waals surface area contributed by atoms with Gasteiger partial charge < -0.3 is 0 Å². The van der Waals surface area contributed by atoms with Crippen LogP contribution in [0.4, 0.5) is 0 Å². The number of nitrogens with zero attached hydrogens (tertiary/aromatic N) is 3. The molecule has 0 aromatic rings. The van der Waals surface area contributed by atoms with Crippen LogP contribution < -0.4 is 0 Å². The van der Waals surface area contributed by atoms with E-state index in [0.717, 1.165) is 19.3 Å². The van der Waals surface area contributed by atoms with Gasteiger partial charge in [-0.1, -0.05) is 57.1 Å². The summed E-state index contributed by atoms with van der Waals surface area (Å²) < 4.78 is 0. The summed E-state index contributed by atoms with van der Waals surface area (Å²) in [5.74, 6) is 5.96. The minimum atomic E-state index is -3.48. The van der Waals surface area contributed by atoms with Gasteiger partial charge in [-0.05, 0) is 12.8 Å². The monoisotopic (exact) mass is 397 g/mol. The number of allylic oxidation sites excluding steroid dienone is 2. The molecule has 0 aliphatic rings. The Labute approximate surface area is 163 Å². The van der Waals surface area contributed by atoms with Crippen LogP contribution in [-0.4, -0.2) is 32.8 Å². The van der Waals surface area contributed by atoms with E-state index in [2.05, 4.69) is 18.8 Å². The van der Waals surface area contributed by atoms with Crippen LogP contribution in [0.15, 0.2) is 12.2 Å². The zero-order chi connectivity index (χ0) is 21.4. The maximum absolute atomic E-state index is 11.1. The van der Waals surface area contributed by atoms with Crippen LogP contribution in [0.5, 0.6) is 0 Å². The van der Waals surface area contributed by atoms with E-state index in [-0.39, 0.29) is 6.42 Å². The maximum Gasteiger partial charge on any atom is 0.577 e. The third-order valence-electron chi connectivity index (χ3n) is 4.28. The second-order valence-corrected chi connectivity index (χ2v) is 6.34. The lowest BCUT2D eigenvalue weighted by Gasteiger charge is -2.14. The summed E-state index contributed by atoms with van der Waals surface area (Å²) in [4.78, 5) is 39.8. The van der Waals surface area contributed by atoms with Crippen LogP contribution in [0.2, 0.25) is 0 Å². The highest BCUT2D eigenvalue weighted by atomic mass is 16.7. The van der Waals surface area contributed by atoms with Crippen molar-refractivity contribution in [2.24, 2.45) is 0 Å². The molecule has 156 valence electrons. The Morgan fingerprint density at radius 2 is 1.54 bits per heavy atom. The minimum absolute atomic E-state index is 0.0119. The first-order valence-electron chi connectivity index (χ1n) is 9.34. The van der Waals surface area contributed by atoms with Gasteiger partial charge in [-0.25, -0.2) is 0 Å². The predicted molar refractivity (Wildman–Crippen MR) is 102 cm³/mol. The summed E-state index contributed by atoms with van der Waals surface area (Å²) in [7, 11) is 0. The van der Waals surface area contributed by atoms with Crippen LogP contribution in [0.1, 0.15) is 71.1 Å². The smallest absolute Gasteiger partial charge is 0.287 e. The molecule has 0 amide bonds. The molecule has 0 N–H and O–H groups in total. The predicted octanol–water partition coefficient (Wildman–Crippen LogP) is 3.56. The molecule has 0 bridgehead atoms. The standard InChI is InChI=1S/C18H27N3O7/c1-2-3-4-5-6-7-8-9-10-11-12-13-14-15-17(19(23)24)18(16-22,20(25)26)21(27)28/h12-13,16-17H,2-8,11,14-15H2,1H3/b13-12+. The highest BCUT2D eigenvalue weighted by Crippen LogP contribution is 2.21. The van der Waals surface area contributed by atoms with Crippen molar-refractivity contribution in [2.75, 3.05) is 0 Å². The van der Waals surface area contributed by atoms with Crippen LogP contribution in [0.3, 0.4) is 0 Å². The van der Waals surface area contributed by atoms with Crippen molar-refractivity contribution in [3.63, 3.8) is 0 Å². The largest absolute Gasteiger partial charge is 0.577 e. The van der Waals surface area contributed by atoms with Gasteiger partial charge in [-0.3, -0.25) is 35.1 Å². The summed E-state index contributed by atoms with van der Waals surface area (Å²) >= 11 is 0. The van der Waals surface area contributed by atoms with Crippen molar-refractivity contribution < 1.29 is 19.6 Å². The summed E-state index contributed by atoms with van der Waals surface area (Å²) in [6, 6.07) is -2.25. The first kappa shape index (κ1) is 25.2. The van der Waals surface area contributed by atoms with Gasteiger partial charge in [0.25, 0.3) is 6.29 Å². The third kappa shape index (κ3) is 8.24. The second-order valence-electron chi connectivity index (χ2n) is 6.34. The lowest BCUT2D eigenvalue weighted by atomic mass is 9.98. The number of hydrogen-bond donors (Lipinski definition) is 0. The molecular weight excluding hydrogens is 370 g/mol. The van der Waals surface area contributed by atoms with Gasteiger partial charge in [-0.2, -0.15) is 0 Å². The molecule has 10 heteroatoms. The maximum atomic E-state index is 11.1. The number of aldehydes is 1. The molecule has 10 nitrogen and oxygen atoms in total. The Morgan fingerprint density at radius 3 is 2.07 bits per heavy atom. The SMILES string of the molecule is CCCCCCCCC#CC/C=C/CCC([N+](=O)[O-])C(C=O)([N+](=O)[O-])[N+](=O)[O-]. The Bertz CT molecular complexity index is 608. The molecule has 0 aliphatic carbocycles. The third-order valence-corrected chi connectivity index (χ3v) is 4.28. The fourth-order valence-electron chi connectivity index (χ4n) is 2.62. The molecule has 0 radical (unpaired) electrons. The lowest BCUT2D eigenvalue weighted by Crippen LogP contribution is -2.59. The van der Waals surface area contributed by atoms with E-state index in [9.17, 15) is 35.1 Å². The second kappa shape index (κ2) is 14.3. The number of hydrogen-bond acceptors (Lipinski definition) is 7. The molecule has 0 saturated heterocycles. The average Bonchev–Trinajstić information content (AvgIpc) is 2.63. The van der Waals surface area contributed by atoms with Gasteiger partial charge in [0, 0.05) is 24.2 Å². The van der Waals surface area contributed by atoms with Crippen LogP contribution in [0.25, 0.3) is 0 Å².